The van der Waals surface area contributed by atoms with Crippen LogP contribution < -0.4 is 22.9 Å². The van der Waals surface area contributed by atoms with Crippen molar-refractivity contribution in [1.82, 2.24) is 0 Å². The summed E-state index contributed by atoms with van der Waals surface area (Å²) in [6.45, 7) is 4.47. The number of hydrogen-bond acceptors (Lipinski definition) is 9. The first-order valence-electron chi connectivity index (χ1n) is 8.00. The molecule has 0 spiro atoms. The summed E-state index contributed by atoms with van der Waals surface area (Å²) in [5.41, 5.74) is 20.7. The van der Waals surface area contributed by atoms with Crippen LogP contribution in [0, 0.1) is 5.92 Å². The van der Waals surface area contributed by atoms with Crippen molar-refractivity contribution in [3.8, 4) is 0 Å². The van der Waals surface area contributed by atoms with E-state index in [-0.39, 0.29) is 0 Å². The third-order valence-corrected chi connectivity index (χ3v) is 3.56. The number of aliphatic hydroxyl groups is 1. The van der Waals surface area contributed by atoms with E-state index in [9.17, 15) is 14.4 Å². The molecule has 3 atom stereocenters. The van der Waals surface area contributed by atoms with Crippen LogP contribution in [0.15, 0.2) is 30.3 Å². The van der Waals surface area contributed by atoms with E-state index in [1.807, 2.05) is 30.3 Å². The van der Waals surface area contributed by atoms with Crippen LogP contribution in [0.4, 0.5) is 0 Å². The number of nitrogens with two attached hydrogens (primary N) is 4. The van der Waals surface area contributed by atoms with Crippen LogP contribution >= 0.6 is 0 Å². The maximum absolute atomic E-state index is 11.6. The monoisotopic (exact) mass is 368 g/mol. The number of aliphatic hydroxyl groups excluding tert-OH is 1. The number of benzene rings is 1. The first kappa shape index (κ1) is 23.8. The van der Waals surface area contributed by atoms with Crippen molar-refractivity contribution in [2.75, 3.05) is 0 Å². The Morgan fingerprint density at radius 1 is 1.12 bits per heavy atom. The number of carbonyl (C=O) groups is 3. The number of ketones is 1. The number of Topliss-reactive ketones (excluding diaryl/α,β-unsaturated/α-hetero) is 1. The maximum atomic E-state index is 11.6. The Hall–Kier alpha value is -2.17. The minimum atomic E-state index is -2.19. The lowest BCUT2D eigenvalue weighted by Gasteiger charge is -2.28. The first-order chi connectivity index (χ1) is 11.9. The van der Waals surface area contributed by atoms with Crippen LogP contribution in [0.1, 0.15) is 26.3 Å². The van der Waals surface area contributed by atoms with Gasteiger partial charge in [-0.1, -0.05) is 37.3 Å². The molecule has 0 saturated carbocycles. The van der Waals surface area contributed by atoms with Crippen LogP contribution in [0.3, 0.4) is 0 Å². The standard InChI is InChI=1S/C10H19N3O5.C7H9N/c1-4(7(15)5(2)11)10(12,13)9(17)18-8(16)6(3)14;8-6-7-4-2-1-3-5-7/h4-6,14H,11-13H2,1-3H3;1-5H,6,8H2. The highest BCUT2D eigenvalue weighted by Crippen LogP contribution is 2.13. The molecular formula is C17H28N4O5. The highest BCUT2D eigenvalue weighted by Gasteiger charge is 2.43. The second-order valence-corrected chi connectivity index (χ2v) is 5.92. The lowest BCUT2D eigenvalue weighted by atomic mass is 9.89. The van der Waals surface area contributed by atoms with Gasteiger partial charge in [0, 0.05) is 6.54 Å². The van der Waals surface area contributed by atoms with Gasteiger partial charge < -0.3 is 32.8 Å². The Labute approximate surface area is 152 Å². The summed E-state index contributed by atoms with van der Waals surface area (Å²) in [6.07, 6.45) is -1.50. The van der Waals surface area contributed by atoms with Gasteiger partial charge in [0.2, 0.25) is 0 Å². The van der Waals surface area contributed by atoms with Gasteiger partial charge in [0.15, 0.2) is 11.4 Å². The Bertz CT molecular complexity index is 602. The van der Waals surface area contributed by atoms with Gasteiger partial charge in [0.05, 0.1) is 12.0 Å². The van der Waals surface area contributed by atoms with E-state index < -0.39 is 41.4 Å². The molecule has 146 valence electrons. The quantitative estimate of drug-likeness (QED) is 0.232. The van der Waals surface area contributed by atoms with Gasteiger partial charge in [-0.05, 0) is 19.4 Å². The minimum Gasteiger partial charge on any atom is -0.389 e. The van der Waals surface area contributed by atoms with Gasteiger partial charge in [-0.3, -0.25) is 4.79 Å². The highest BCUT2D eigenvalue weighted by atomic mass is 16.6. The van der Waals surface area contributed by atoms with Gasteiger partial charge in [-0.25, -0.2) is 9.59 Å². The third-order valence-electron chi connectivity index (χ3n) is 3.56. The zero-order valence-corrected chi connectivity index (χ0v) is 15.2. The van der Waals surface area contributed by atoms with Crippen molar-refractivity contribution in [1.29, 1.82) is 0 Å². The average molecular weight is 368 g/mol. The fourth-order valence-electron chi connectivity index (χ4n) is 1.69. The molecule has 1 aromatic carbocycles. The fourth-order valence-corrected chi connectivity index (χ4v) is 1.69. The van der Waals surface area contributed by atoms with Crippen molar-refractivity contribution < 1.29 is 24.2 Å². The fraction of sp³-hybridized carbons (Fsp3) is 0.471. The van der Waals surface area contributed by atoms with E-state index in [1.165, 1.54) is 19.4 Å². The van der Waals surface area contributed by atoms with E-state index in [0.717, 1.165) is 6.92 Å². The molecule has 1 rings (SSSR count). The smallest absolute Gasteiger partial charge is 0.349 e. The van der Waals surface area contributed by atoms with E-state index in [2.05, 4.69) is 4.74 Å². The average Bonchev–Trinajstić information content (AvgIpc) is 2.61. The summed E-state index contributed by atoms with van der Waals surface area (Å²) in [5.74, 6) is -4.16. The van der Waals surface area contributed by atoms with Crippen LogP contribution in [0.25, 0.3) is 0 Å². The molecule has 0 heterocycles. The molecule has 0 saturated heterocycles. The molecule has 0 aromatic heterocycles. The predicted molar refractivity (Wildman–Crippen MR) is 96.0 cm³/mol. The molecule has 1 aromatic rings. The summed E-state index contributed by atoms with van der Waals surface area (Å²) in [4.78, 5) is 34.1. The van der Waals surface area contributed by atoms with Gasteiger partial charge in [0.25, 0.3) is 0 Å². The van der Waals surface area contributed by atoms with Gasteiger partial charge in [-0.15, -0.1) is 0 Å². The number of ether oxygens (including phenoxy) is 1. The predicted octanol–water partition coefficient (Wildman–Crippen LogP) is -1.25. The van der Waals surface area contributed by atoms with E-state index in [4.69, 9.17) is 28.0 Å². The summed E-state index contributed by atoms with van der Waals surface area (Å²) < 4.78 is 4.26. The number of carbonyl (C=O) groups excluding carboxylic acids is 3. The summed E-state index contributed by atoms with van der Waals surface area (Å²) in [7, 11) is 0. The van der Waals surface area contributed by atoms with E-state index in [0.29, 0.717) is 6.54 Å². The maximum Gasteiger partial charge on any atom is 0.349 e. The second-order valence-electron chi connectivity index (χ2n) is 5.92. The molecule has 26 heavy (non-hydrogen) atoms. The zero-order valence-electron chi connectivity index (χ0n) is 15.2. The molecule has 0 aliphatic carbocycles. The molecule has 0 aliphatic heterocycles. The van der Waals surface area contributed by atoms with Gasteiger partial charge >= 0.3 is 11.9 Å². The van der Waals surface area contributed by atoms with Crippen molar-refractivity contribution in [3.63, 3.8) is 0 Å². The molecule has 9 nitrogen and oxygen atoms in total. The van der Waals surface area contributed by atoms with Crippen molar-refractivity contribution in [3.05, 3.63) is 35.9 Å². The largest absolute Gasteiger partial charge is 0.389 e. The summed E-state index contributed by atoms with van der Waals surface area (Å²) >= 11 is 0. The molecule has 0 aliphatic rings. The van der Waals surface area contributed by atoms with E-state index in [1.54, 1.807) is 0 Å². The van der Waals surface area contributed by atoms with Gasteiger partial charge in [0.1, 0.15) is 6.10 Å². The van der Waals surface area contributed by atoms with Gasteiger partial charge in [-0.2, -0.15) is 0 Å². The Morgan fingerprint density at radius 2 is 1.62 bits per heavy atom. The minimum absolute atomic E-state index is 0.540. The summed E-state index contributed by atoms with van der Waals surface area (Å²) in [6, 6.07) is 9.13. The lowest BCUT2D eigenvalue weighted by Crippen LogP contribution is -2.65. The molecular weight excluding hydrogens is 340 g/mol. The highest BCUT2D eigenvalue weighted by molar-refractivity contribution is 5.97. The van der Waals surface area contributed by atoms with Crippen molar-refractivity contribution >= 4 is 17.7 Å². The molecule has 9 heteroatoms. The normalized spacial score (nSPS) is 14.3. The van der Waals surface area contributed by atoms with Crippen LogP contribution in [-0.4, -0.2) is 40.6 Å². The molecule has 0 fully saturated rings. The van der Waals surface area contributed by atoms with Crippen molar-refractivity contribution in [2.24, 2.45) is 28.9 Å². The Morgan fingerprint density at radius 3 is 1.96 bits per heavy atom. The number of esters is 2. The lowest BCUT2D eigenvalue weighted by molar-refractivity contribution is -0.170. The molecule has 0 amide bonds. The van der Waals surface area contributed by atoms with Crippen molar-refractivity contribution in [2.45, 2.75) is 45.1 Å². The number of rotatable bonds is 6. The van der Waals surface area contributed by atoms with Crippen LogP contribution in [-0.2, 0) is 25.7 Å². The Balaban J connectivity index is 0.000000642. The second kappa shape index (κ2) is 10.7. The SMILES string of the molecule is CC(N)C(=O)C(C)C(N)(N)C(=O)OC(=O)C(C)O.NCc1ccccc1. The third kappa shape index (κ3) is 7.38. The molecule has 9 N–H and O–H groups in total. The Kier molecular flexibility index (Phi) is 9.84. The number of hydrogen-bond donors (Lipinski definition) is 5. The summed E-state index contributed by atoms with van der Waals surface area (Å²) in [5, 5.41) is 8.88. The topological polar surface area (TPSA) is 185 Å². The molecule has 0 bridgehead atoms. The molecule has 0 radical (unpaired) electrons. The van der Waals surface area contributed by atoms with Crippen LogP contribution in [0.5, 0.6) is 0 Å². The first-order valence-corrected chi connectivity index (χ1v) is 8.00. The zero-order chi connectivity index (χ0) is 20.5. The molecule has 3 unspecified atom stereocenters. The van der Waals surface area contributed by atoms with Crippen LogP contribution in [0.2, 0.25) is 0 Å². The van der Waals surface area contributed by atoms with E-state index >= 15 is 0 Å².